The molecule has 0 amide bonds. The molecule has 0 saturated carbocycles. The number of thiazole rings is 1. The average Bonchev–Trinajstić information content (AvgIpc) is 2.71. The third kappa shape index (κ3) is 2.36. The molecule has 1 aliphatic rings. The summed E-state index contributed by atoms with van der Waals surface area (Å²) < 4.78 is 5.65. The summed E-state index contributed by atoms with van der Waals surface area (Å²) in [4.78, 5) is 8.09. The van der Waals surface area contributed by atoms with Crippen LogP contribution in [-0.4, -0.2) is 30.8 Å². The van der Waals surface area contributed by atoms with Crippen molar-refractivity contribution in [3.63, 3.8) is 0 Å². The Labute approximate surface area is 100 Å². The number of aryl methyl sites for hydroxylation is 1. The molecule has 2 N–H and O–H groups in total. The van der Waals surface area contributed by atoms with Gasteiger partial charge in [-0.05, 0) is 13.3 Å². The lowest BCUT2D eigenvalue weighted by Crippen LogP contribution is -2.42. The molecular formula is C11H19N3OS. The van der Waals surface area contributed by atoms with Gasteiger partial charge in [-0.15, -0.1) is 11.3 Å². The van der Waals surface area contributed by atoms with Crippen LogP contribution in [0.4, 0.5) is 5.13 Å². The van der Waals surface area contributed by atoms with E-state index in [1.54, 1.807) is 11.3 Å². The van der Waals surface area contributed by atoms with Crippen LogP contribution in [-0.2, 0) is 11.3 Å². The zero-order chi connectivity index (χ0) is 11.5. The van der Waals surface area contributed by atoms with Gasteiger partial charge in [-0.2, -0.15) is 0 Å². The van der Waals surface area contributed by atoms with Crippen molar-refractivity contribution in [2.24, 2.45) is 5.73 Å². The van der Waals surface area contributed by atoms with Crippen LogP contribution in [0, 0.1) is 6.92 Å². The van der Waals surface area contributed by atoms with Gasteiger partial charge in [0.1, 0.15) is 0 Å². The second-order valence-corrected chi connectivity index (χ2v) is 5.12. The molecule has 0 radical (unpaired) electrons. The predicted octanol–water partition coefficient (Wildman–Crippen LogP) is 1.53. The first-order valence-corrected chi connectivity index (χ1v) is 6.59. The molecule has 90 valence electrons. The maximum Gasteiger partial charge on any atom is 0.185 e. The van der Waals surface area contributed by atoms with E-state index in [0.29, 0.717) is 12.6 Å². The van der Waals surface area contributed by atoms with Crippen LogP contribution in [0.15, 0.2) is 0 Å². The van der Waals surface area contributed by atoms with E-state index in [0.717, 1.165) is 36.9 Å². The van der Waals surface area contributed by atoms with Crippen LogP contribution < -0.4 is 10.6 Å². The van der Waals surface area contributed by atoms with Crippen LogP contribution in [0.2, 0.25) is 0 Å². The van der Waals surface area contributed by atoms with E-state index in [1.807, 2.05) is 6.92 Å². The van der Waals surface area contributed by atoms with Crippen molar-refractivity contribution in [1.82, 2.24) is 4.98 Å². The van der Waals surface area contributed by atoms with Crippen molar-refractivity contribution in [1.29, 1.82) is 0 Å². The topological polar surface area (TPSA) is 51.4 Å². The zero-order valence-corrected chi connectivity index (χ0v) is 10.7. The summed E-state index contributed by atoms with van der Waals surface area (Å²) in [7, 11) is 0. The molecule has 0 spiro atoms. The number of anilines is 1. The Balaban J connectivity index is 2.10. The summed E-state index contributed by atoms with van der Waals surface area (Å²) in [5, 5.41) is 1.10. The monoisotopic (exact) mass is 241 g/mol. The zero-order valence-electron chi connectivity index (χ0n) is 9.90. The minimum atomic E-state index is 0.347. The Kier molecular flexibility index (Phi) is 3.78. The number of ether oxygens (including phenoxy) is 1. The van der Waals surface area contributed by atoms with Crippen molar-refractivity contribution in [3.05, 3.63) is 10.6 Å². The van der Waals surface area contributed by atoms with Gasteiger partial charge in [-0.1, -0.05) is 6.92 Å². The summed E-state index contributed by atoms with van der Waals surface area (Å²) in [6, 6.07) is 0. The Morgan fingerprint density at radius 1 is 1.62 bits per heavy atom. The van der Waals surface area contributed by atoms with E-state index < -0.39 is 0 Å². The smallest absolute Gasteiger partial charge is 0.185 e. The molecule has 1 aromatic heterocycles. The lowest BCUT2D eigenvalue weighted by molar-refractivity contribution is 0.0384. The van der Waals surface area contributed by atoms with Crippen LogP contribution in [0.1, 0.15) is 23.9 Å². The number of hydrogen-bond acceptors (Lipinski definition) is 5. The molecule has 1 fully saturated rings. The molecule has 5 heteroatoms. The maximum absolute atomic E-state index is 5.67. The molecule has 2 rings (SSSR count). The van der Waals surface area contributed by atoms with Gasteiger partial charge in [0.05, 0.1) is 18.4 Å². The van der Waals surface area contributed by atoms with Crippen LogP contribution in [0.3, 0.4) is 0 Å². The minimum Gasteiger partial charge on any atom is -0.375 e. The van der Waals surface area contributed by atoms with Gasteiger partial charge in [-0.25, -0.2) is 4.98 Å². The van der Waals surface area contributed by atoms with E-state index >= 15 is 0 Å². The van der Waals surface area contributed by atoms with E-state index in [-0.39, 0.29) is 0 Å². The third-order valence-corrected chi connectivity index (χ3v) is 4.17. The third-order valence-electron chi connectivity index (χ3n) is 2.93. The van der Waals surface area contributed by atoms with Gasteiger partial charge in [-0.3, -0.25) is 0 Å². The van der Waals surface area contributed by atoms with Crippen molar-refractivity contribution in [2.45, 2.75) is 32.9 Å². The van der Waals surface area contributed by atoms with Crippen LogP contribution in [0.5, 0.6) is 0 Å². The van der Waals surface area contributed by atoms with Gasteiger partial charge in [0.15, 0.2) is 5.13 Å². The lowest BCUT2D eigenvalue weighted by atomic mass is 10.2. The number of morpholine rings is 1. The quantitative estimate of drug-likeness (QED) is 0.872. The molecular weight excluding hydrogens is 222 g/mol. The van der Waals surface area contributed by atoms with Crippen molar-refractivity contribution >= 4 is 16.5 Å². The molecule has 0 bridgehead atoms. The number of aromatic nitrogens is 1. The normalized spacial score (nSPS) is 21.4. The Morgan fingerprint density at radius 2 is 2.44 bits per heavy atom. The number of rotatable bonds is 3. The van der Waals surface area contributed by atoms with E-state index in [1.165, 1.54) is 4.88 Å². The Bertz CT molecular complexity index is 353. The van der Waals surface area contributed by atoms with Crippen LogP contribution >= 0.6 is 11.3 Å². The standard InChI is InChI=1S/C11H19N3OS/c1-3-9-7-14(4-5-15-9)11-13-8(2)10(6-12)16-11/h9H,3-7,12H2,1-2H3. The second kappa shape index (κ2) is 5.12. The van der Waals surface area contributed by atoms with Gasteiger partial charge in [0, 0.05) is 24.5 Å². The molecule has 2 heterocycles. The second-order valence-electron chi connectivity index (χ2n) is 4.06. The number of hydrogen-bond donors (Lipinski definition) is 1. The molecule has 1 saturated heterocycles. The highest BCUT2D eigenvalue weighted by Gasteiger charge is 2.21. The molecule has 0 aromatic carbocycles. The number of nitrogens with two attached hydrogens (primary N) is 1. The molecule has 1 atom stereocenters. The highest BCUT2D eigenvalue weighted by atomic mass is 32.1. The van der Waals surface area contributed by atoms with Crippen molar-refractivity contribution in [3.8, 4) is 0 Å². The summed E-state index contributed by atoms with van der Waals surface area (Å²) in [6.07, 6.45) is 1.41. The largest absolute Gasteiger partial charge is 0.375 e. The first-order valence-electron chi connectivity index (χ1n) is 5.77. The number of nitrogens with zero attached hydrogens (tertiary/aromatic N) is 2. The highest BCUT2D eigenvalue weighted by molar-refractivity contribution is 7.15. The fourth-order valence-electron chi connectivity index (χ4n) is 1.88. The van der Waals surface area contributed by atoms with Gasteiger partial charge in [0.2, 0.25) is 0 Å². The first kappa shape index (κ1) is 11.8. The van der Waals surface area contributed by atoms with E-state index in [4.69, 9.17) is 10.5 Å². The predicted molar refractivity (Wildman–Crippen MR) is 67.0 cm³/mol. The highest BCUT2D eigenvalue weighted by Crippen LogP contribution is 2.27. The first-order chi connectivity index (χ1) is 7.74. The van der Waals surface area contributed by atoms with Crippen molar-refractivity contribution in [2.75, 3.05) is 24.6 Å². The summed E-state index contributed by atoms with van der Waals surface area (Å²) in [5.74, 6) is 0. The molecule has 1 unspecified atom stereocenters. The fourth-order valence-corrected chi connectivity index (χ4v) is 2.85. The van der Waals surface area contributed by atoms with E-state index in [9.17, 15) is 0 Å². The SMILES string of the molecule is CCC1CN(c2nc(C)c(CN)s2)CCO1. The molecule has 4 nitrogen and oxygen atoms in total. The Morgan fingerprint density at radius 3 is 3.06 bits per heavy atom. The van der Waals surface area contributed by atoms with Crippen molar-refractivity contribution < 1.29 is 4.74 Å². The molecule has 16 heavy (non-hydrogen) atoms. The van der Waals surface area contributed by atoms with Gasteiger partial charge >= 0.3 is 0 Å². The summed E-state index contributed by atoms with van der Waals surface area (Å²) in [5.41, 5.74) is 6.75. The van der Waals surface area contributed by atoms with E-state index in [2.05, 4.69) is 16.8 Å². The van der Waals surface area contributed by atoms with Gasteiger partial charge < -0.3 is 15.4 Å². The van der Waals surface area contributed by atoms with Crippen LogP contribution in [0.25, 0.3) is 0 Å². The molecule has 1 aliphatic heterocycles. The fraction of sp³-hybridized carbons (Fsp3) is 0.727. The average molecular weight is 241 g/mol. The Hall–Kier alpha value is -0.650. The maximum atomic E-state index is 5.67. The molecule has 0 aliphatic carbocycles. The summed E-state index contributed by atoms with van der Waals surface area (Å²) >= 11 is 1.71. The van der Waals surface area contributed by atoms with Gasteiger partial charge in [0.25, 0.3) is 0 Å². The lowest BCUT2D eigenvalue weighted by Gasteiger charge is -2.32. The summed E-state index contributed by atoms with van der Waals surface area (Å²) in [6.45, 7) is 7.47. The molecule has 1 aromatic rings. The minimum absolute atomic E-state index is 0.347.